The van der Waals surface area contributed by atoms with Gasteiger partial charge in [-0.25, -0.2) is 4.39 Å². The second-order valence-corrected chi connectivity index (χ2v) is 6.75. The molecule has 5 heteroatoms. The van der Waals surface area contributed by atoms with Crippen LogP contribution in [0.2, 0.25) is 0 Å². The van der Waals surface area contributed by atoms with Crippen molar-refractivity contribution in [3.8, 4) is 0 Å². The number of nitrogens with one attached hydrogen (secondary N) is 1. The fraction of sp³-hybridized carbons (Fsp3) is 0.238. The Balaban J connectivity index is 1.96. The number of hydrogen-bond acceptors (Lipinski definition) is 2. The number of carbonyl (C=O) groups excluding carboxylic acids is 1. The SMILES string of the molecule is Cc1ccc2[nH]c(=O)c(CN(C(=O)c3ccc(F)cc3)C(C)C)cc2c1. The Morgan fingerprint density at radius 2 is 1.81 bits per heavy atom. The van der Waals surface area contributed by atoms with E-state index in [0.29, 0.717) is 11.1 Å². The summed E-state index contributed by atoms with van der Waals surface area (Å²) in [4.78, 5) is 29.7. The molecule has 0 aliphatic rings. The highest BCUT2D eigenvalue weighted by Gasteiger charge is 2.20. The van der Waals surface area contributed by atoms with Gasteiger partial charge in [0.25, 0.3) is 11.5 Å². The van der Waals surface area contributed by atoms with Crippen LogP contribution in [-0.4, -0.2) is 21.8 Å². The number of pyridine rings is 1. The molecule has 0 aliphatic heterocycles. The topological polar surface area (TPSA) is 53.2 Å². The zero-order valence-electron chi connectivity index (χ0n) is 15.0. The molecule has 0 atom stereocenters. The van der Waals surface area contributed by atoms with Crippen molar-refractivity contribution in [3.05, 3.63) is 81.4 Å². The third-order valence-corrected chi connectivity index (χ3v) is 4.39. The number of benzene rings is 2. The molecule has 0 fully saturated rings. The normalized spacial score (nSPS) is 11.1. The lowest BCUT2D eigenvalue weighted by Gasteiger charge is -2.27. The van der Waals surface area contributed by atoms with Gasteiger partial charge in [-0.15, -0.1) is 0 Å². The summed E-state index contributed by atoms with van der Waals surface area (Å²) in [5.74, 6) is -0.622. The number of H-pyrrole nitrogens is 1. The zero-order chi connectivity index (χ0) is 18.8. The van der Waals surface area contributed by atoms with Crippen LogP contribution in [0.3, 0.4) is 0 Å². The molecule has 3 rings (SSSR count). The standard InChI is InChI=1S/C21H21FN2O2/c1-13(2)24(21(26)15-5-7-18(22)8-6-15)12-17-11-16-10-14(3)4-9-19(16)23-20(17)25/h4-11,13H,12H2,1-3H3,(H,23,25). The third-order valence-electron chi connectivity index (χ3n) is 4.39. The molecule has 0 spiro atoms. The fourth-order valence-corrected chi connectivity index (χ4v) is 2.92. The minimum absolute atomic E-state index is 0.111. The molecule has 4 nitrogen and oxygen atoms in total. The maximum absolute atomic E-state index is 13.1. The molecule has 0 bridgehead atoms. The highest BCUT2D eigenvalue weighted by Crippen LogP contribution is 2.17. The van der Waals surface area contributed by atoms with Gasteiger partial charge in [-0.3, -0.25) is 9.59 Å². The Bertz CT molecular complexity index is 1010. The molecule has 0 saturated heterocycles. The summed E-state index contributed by atoms with van der Waals surface area (Å²) < 4.78 is 13.1. The summed E-state index contributed by atoms with van der Waals surface area (Å²) >= 11 is 0. The lowest BCUT2D eigenvalue weighted by atomic mass is 10.1. The highest BCUT2D eigenvalue weighted by molar-refractivity contribution is 5.94. The van der Waals surface area contributed by atoms with Gasteiger partial charge in [-0.2, -0.15) is 0 Å². The first-order chi connectivity index (χ1) is 12.3. The molecule has 2 aromatic carbocycles. The van der Waals surface area contributed by atoms with E-state index in [0.717, 1.165) is 16.5 Å². The van der Waals surface area contributed by atoms with Crippen molar-refractivity contribution in [2.45, 2.75) is 33.4 Å². The van der Waals surface area contributed by atoms with Gasteiger partial charge in [0, 0.05) is 22.7 Å². The number of aromatic nitrogens is 1. The van der Waals surface area contributed by atoms with Crippen LogP contribution in [0.5, 0.6) is 0 Å². The van der Waals surface area contributed by atoms with Gasteiger partial charge in [0.15, 0.2) is 0 Å². The van der Waals surface area contributed by atoms with Crippen molar-refractivity contribution < 1.29 is 9.18 Å². The van der Waals surface area contributed by atoms with Crippen molar-refractivity contribution in [2.75, 3.05) is 0 Å². The zero-order valence-corrected chi connectivity index (χ0v) is 15.0. The number of fused-ring (bicyclic) bond motifs is 1. The van der Waals surface area contributed by atoms with E-state index in [1.165, 1.54) is 24.3 Å². The number of aryl methyl sites for hydroxylation is 1. The minimum atomic E-state index is -0.390. The molecule has 1 amide bonds. The molecule has 0 unspecified atom stereocenters. The summed E-state index contributed by atoms with van der Waals surface area (Å²) in [5.41, 5.74) is 2.57. The van der Waals surface area contributed by atoms with Crippen molar-refractivity contribution in [3.63, 3.8) is 0 Å². The number of nitrogens with zero attached hydrogens (tertiary/aromatic N) is 1. The molecular formula is C21H21FN2O2. The van der Waals surface area contributed by atoms with E-state index in [4.69, 9.17) is 0 Å². The minimum Gasteiger partial charge on any atom is -0.332 e. The lowest BCUT2D eigenvalue weighted by molar-refractivity contribution is 0.0689. The Morgan fingerprint density at radius 1 is 1.12 bits per heavy atom. The quantitative estimate of drug-likeness (QED) is 0.771. The van der Waals surface area contributed by atoms with Crippen LogP contribution in [0.25, 0.3) is 10.9 Å². The number of rotatable bonds is 4. The maximum atomic E-state index is 13.1. The lowest BCUT2D eigenvalue weighted by Crippen LogP contribution is -2.38. The summed E-state index contributed by atoms with van der Waals surface area (Å²) in [7, 11) is 0. The van der Waals surface area contributed by atoms with Crippen LogP contribution >= 0.6 is 0 Å². The maximum Gasteiger partial charge on any atom is 0.254 e. The Labute approximate surface area is 151 Å². The second kappa shape index (κ2) is 7.12. The van der Waals surface area contributed by atoms with E-state index in [9.17, 15) is 14.0 Å². The molecule has 1 N–H and O–H groups in total. The van der Waals surface area contributed by atoms with Gasteiger partial charge in [0.05, 0.1) is 6.54 Å². The molecule has 134 valence electrons. The van der Waals surface area contributed by atoms with Crippen LogP contribution in [0.4, 0.5) is 4.39 Å². The van der Waals surface area contributed by atoms with E-state index >= 15 is 0 Å². The van der Waals surface area contributed by atoms with Crippen LogP contribution in [0, 0.1) is 12.7 Å². The number of halogens is 1. The average Bonchev–Trinajstić information content (AvgIpc) is 2.60. The van der Waals surface area contributed by atoms with Gasteiger partial charge in [0.1, 0.15) is 5.82 Å². The monoisotopic (exact) mass is 352 g/mol. The first-order valence-electron chi connectivity index (χ1n) is 8.54. The van der Waals surface area contributed by atoms with Gasteiger partial charge in [-0.1, -0.05) is 11.6 Å². The third kappa shape index (κ3) is 3.67. The van der Waals surface area contributed by atoms with Crippen molar-refractivity contribution in [1.29, 1.82) is 0 Å². The number of amides is 1. The number of carbonyl (C=O) groups is 1. The fourth-order valence-electron chi connectivity index (χ4n) is 2.92. The van der Waals surface area contributed by atoms with E-state index in [-0.39, 0.29) is 29.9 Å². The van der Waals surface area contributed by atoms with E-state index in [2.05, 4.69) is 4.98 Å². The molecule has 1 heterocycles. The Hall–Kier alpha value is -2.95. The smallest absolute Gasteiger partial charge is 0.254 e. The Morgan fingerprint density at radius 3 is 2.46 bits per heavy atom. The van der Waals surface area contributed by atoms with Crippen molar-refractivity contribution in [2.24, 2.45) is 0 Å². The van der Waals surface area contributed by atoms with Crippen molar-refractivity contribution in [1.82, 2.24) is 9.88 Å². The molecule has 3 aromatic rings. The van der Waals surface area contributed by atoms with E-state index < -0.39 is 0 Å². The molecule has 0 aliphatic carbocycles. The van der Waals surface area contributed by atoms with Crippen LogP contribution in [-0.2, 0) is 6.54 Å². The summed E-state index contributed by atoms with van der Waals surface area (Å²) in [6.45, 7) is 5.96. The van der Waals surface area contributed by atoms with E-state index in [1.807, 2.05) is 45.0 Å². The largest absolute Gasteiger partial charge is 0.332 e. The van der Waals surface area contributed by atoms with Crippen LogP contribution in [0.15, 0.2) is 53.3 Å². The van der Waals surface area contributed by atoms with Crippen LogP contribution < -0.4 is 5.56 Å². The van der Waals surface area contributed by atoms with E-state index in [1.54, 1.807) is 4.90 Å². The first-order valence-corrected chi connectivity index (χ1v) is 8.54. The number of hydrogen-bond donors (Lipinski definition) is 1. The molecular weight excluding hydrogens is 331 g/mol. The summed E-state index contributed by atoms with van der Waals surface area (Å²) in [5, 5.41) is 0.928. The highest BCUT2D eigenvalue weighted by atomic mass is 19.1. The van der Waals surface area contributed by atoms with Gasteiger partial charge < -0.3 is 9.88 Å². The van der Waals surface area contributed by atoms with Gasteiger partial charge in [0.2, 0.25) is 0 Å². The Kier molecular flexibility index (Phi) is 4.89. The molecule has 26 heavy (non-hydrogen) atoms. The molecule has 1 aromatic heterocycles. The van der Waals surface area contributed by atoms with Gasteiger partial charge >= 0.3 is 0 Å². The molecule has 0 saturated carbocycles. The van der Waals surface area contributed by atoms with Crippen molar-refractivity contribution >= 4 is 16.8 Å². The van der Waals surface area contributed by atoms with Crippen LogP contribution in [0.1, 0.15) is 35.3 Å². The average molecular weight is 352 g/mol. The number of aromatic amines is 1. The second-order valence-electron chi connectivity index (χ2n) is 6.75. The predicted octanol–water partition coefficient (Wildman–Crippen LogP) is 4.03. The molecule has 0 radical (unpaired) electrons. The predicted molar refractivity (Wildman–Crippen MR) is 101 cm³/mol. The first kappa shape index (κ1) is 17.9. The van der Waals surface area contributed by atoms with Gasteiger partial charge in [-0.05, 0) is 68.6 Å². The summed E-state index contributed by atoms with van der Waals surface area (Å²) in [6.07, 6.45) is 0. The summed E-state index contributed by atoms with van der Waals surface area (Å²) in [6, 6.07) is 13.0.